The van der Waals surface area contributed by atoms with Crippen molar-refractivity contribution < 1.29 is 19.2 Å². The second-order valence-electron chi connectivity index (χ2n) is 14.3. The molecule has 12 nitrogen and oxygen atoms in total. The van der Waals surface area contributed by atoms with Crippen molar-refractivity contribution in [3.05, 3.63) is 108 Å². The van der Waals surface area contributed by atoms with Gasteiger partial charge in [0, 0.05) is 93.2 Å². The van der Waals surface area contributed by atoms with Crippen molar-refractivity contribution in [2.75, 3.05) is 28.2 Å². The minimum Gasteiger partial charge on any atom is -0.339 e. The number of aromatic nitrogens is 4. The predicted octanol–water partition coefficient (Wildman–Crippen LogP) is 11.1. The van der Waals surface area contributed by atoms with E-state index in [1.54, 1.807) is 89.8 Å². The highest BCUT2D eigenvalue weighted by atomic mass is 127. The largest absolute Gasteiger partial charge is 0.339 e. The van der Waals surface area contributed by atoms with E-state index in [9.17, 15) is 19.2 Å². The van der Waals surface area contributed by atoms with Crippen LogP contribution in [0, 0.1) is 7.14 Å². The molecule has 0 N–H and O–H groups in total. The number of pyridine rings is 4. The van der Waals surface area contributed by atoms with E-state index in [0.717, 1.165) is 41.8 Å². The molecule has 20 heteroatoms. The van der Waals surface area contributed by atoms with E-state index in [1.165, 1.54) is 0 Å². The monoisotopic (exact) mass is 1250 g/mol. The maximum atomic E-state index is 12.0. The lowest BCUT2D eigenvalue weighted by Gasteiger charge is -2.21. The molecule has 0 aliphatic heterocycles. The molecule has 0 saturated heterocycles. The molecule has 4 amide bonds. The van der Waals surface area contributed by atoms with Crippen molar-refractivity contribution in [3.63, 3.8) is 0 Å². The summed E-state index contributed by atoms with van der Waals surface area (Å²) < 4.78 is 3.33. The van der Waals surface area contributed by atoms with Crippen LogP contribution >= 0.6 is 123 Å². The molecule has 4 aromatic heterocycles. The molecular formula is C40H44Br2Cl4I2N8O4. The number of nitrogens with zero attached hydrogens (tertiary/aromatic N) is 8. The first-order valence-electron chi connectivity index (χ1n) is 18.4. The van der Waals surface area contributed by atoms with Gasteiger partial charge in [-0.05, 0) is 155 Å². The molecule has 0 unspecified atom stereocenters. The molecule has 0 bridgehead atoms. The molecular weight excluding hydrogens is 1210 g/mol. The molecule has 4 heterocycles. The molecule has 2 saturated carbocycles. The number of carbonyl (C=O) groups excluding carboxylic acids is 4. The van der Waals surface area contributed by atoms with E-state index in [4.69, 9.17) is 46.4 Å². The molecule has 2 aliphatic carbocycles. The fraction of sp³-hybridized carbons (Fsp3) is 0.400. The minimum absolute atomic E-state index is 0.0338. The van der Waals surface area contributed by atoms with Crippen LogP contribution in [-0.4, -0.2) is 116 Å². The van der Waals surface area contributed by atoms with Crippen molar-refractivity contribution >= 4 is 147 Å². The first-order chi connectivity index (χ1) is 28.0. The first kappa shape index (κ1) is 52.4. The van der Waals surface area contributed by atoms with Gasteiger partial charge in [-0.25, -0.2) is 19.9 Å². The molecule has 60 heavy (non-hydrogen) atoms. The zero-order chi connectivity index (χ0) is 45.2. The Morgan fingerprint density at radius 1 is 0.533 bits per heavy atom. The zero-order valence-corrected chi connectivity index (χ0v) is 44.5. The summed E-state index contributed by atoms with van der Waals surface area (Å²) >= 11 is 34.3. The van der Waals surface area contributed by atoms with Gasteiger partial charge in [-0.15, -0.1) is 0 Å². The van der Waals surface area contributed by atoms with Gasteiger partial charge in [0.2, 0.25) is 0 Å². The van der Waals surface area contributed by atoms with Crippen LogP contribution in [-0.2, 0) is 0 Å². The molecule has 0 atom stereocenters. The lowest BCUT2D eigenvalue weighted by Crippen LogP contribution is -2.33. The highest BCUT2D eigenvalue weighted by molar-refractivity contribution is 14.1. The highest BCUT2D eigenvalue weighted by Crippen LogP contribution is 2.30. The molecule has 2 fully saturated rings. The molecule has 0 spiro atoms. The van der Waals surface area contributed by atoms with Gasteiger partial charge in [-0.3, -0.25) is 19.2 Å². The Kier molecular flexibility index (Phi) is 21.1. The highest BCUT2D eigenvalue weighted by Gasteiger charge is 2.32. The van der Waals surface area contributed by atoms with Crippen molar-refractivity contribution in [1.29, 1.82) is 0 Å². The van der Waals surface area contributed by atoms with Crippen LogP contribution in [0.25, 0.3) is 0 Å². The Hall–Kier alpha value is -1.94. The molecule has 6 rings (SSSR count). The third-order valence-corrected chi connectivity index (χ3v) is 12.4. The van der Waals surface area contributed by atoms with Crippen molar-refractivity contribution in [3.8, 4) is 0 Å². The third kappa shape index (κ3) is 15.7. The average molecular weight is 1260 g/mol. The summed E-state index contributed by atoms with van der Waals surface area (Å²) in [4.78, 5) is 70.4. The molecule has 4 aromatic rings. The molecule has 324 valence electrons. The van der Waals surface area contributed by atoms with Gasteiger partial charge >= 0.3 is 0 Å². The second-order valence-corrected chi connectivity index (χ2v) is 20.0. The van der Waals surface area contributed by atoms with Crippen molar-refractivity contribution in [1.82, 2.24) is 39.5 Å². The van der Waals surface area contributed by atoms with Crippen molar-refractivity contribution in [2.45, 2.75) is 77.5 Å². The number of halogens is 8. The fourth-order valence-electron chi connectivity index (χ4n) is 4.77. The van der Waals surface area contributed by atoms with E-state index in [-0.39, 0.29) is 56.3 Å². The summed E-state index contributed by atoms with van der Waals surface area (Å²) in [6, 6.07) is 7.96. The van der Waals surface area contributed by atoms with Gasteiger partial charge in [-0.1, -0.05) is 46.4 Å². The summed E-state index contributed by atoms with van der Waals surface area (Å²) in [5.74, 6) is -0.311. The number of rotatable bonds is 8. The van der Waals surface area contributed by atoms with E-state index >= 15 is 0 Å². The fourth-order valence-corrected chi connectivity index (χ4v) is 7.08. The SMILES string of the molecule is CC(C)N(C)C(=O)c1cc(Br)cnc1Cl.CC(C)N(C)C(=O)c1cc(I)cnc1Cl.CN(C(=O)c1cc(Br)cnc1Cl)C1CC1.CN(C(=O)c1cc(I)cnc1Cl)C1CC1. The van der Waals surface area contributed by atoms with Crippen LogP contribution < -0.4 is 0 Å². The van der Waals surface area contributed by atoms with Crippen molar-refractivity contribution in [2.24, 2.45) is 0 Å². The molecule has 0 radical (unpaired) electrons. The Labute approximate surface area is 415 Å². The van der Waals surface area contributed by atoms with E-state index < -0.39 is 0 Å². The van der Waals surface area contributed by atoms with E-state index in [0.29, 0.717) is 34.3 Å². The smallest absolute Gasteiger partial charge is 0.257 e. The zero-order valence-electron chi connectivity index (χ0n) is 34.0. The standard InChI is InChI=1S/C10H10BrClN2O.C10H12BrClN2O.C10H10ClIN2O.C10H12ClIN2O/c1-14(7-2-3-7)10(15)8-4-6(11)5-13-9(8)12;1-6(2)14(3)10(15)8-4-7(11)5-13-9(8)12;1-14(7-2-3-7)10(15)8-4-6(12)5-13-9(8)11;1-6(2)14(3)10(15)8-4-7(12)5-13-9(8)11/h4-5,7H,2-3H2,1H3;4-6H,1-3H3;4-5,7H,2-3H2,1H3;4-6H,1-3H3. The summed E-state index contributed by atoms with van der Waals surface area (Å²) in [5, 5.41) is 1.03. The first-order valence-corrected chi connectivity index (χ1v) is 23.6. The van der Waals surface area contributed by atoms with Crippen LogP contribution in [0.3, 0.4) is 0 Å². The van der Waals surface area contributed by atoms with Gasteiger partial charge in [0.05, 0.1) is 22.3 Å². The molecule has 2 aliphatic rings. The Morgan fingerprint density at radius 2 is 0.800 bits per heavy atom. The summed E-state index contributed by atoms with van der Waals surface area (Å²) in [7, 11) is 7.11. The van der Waals surface area contributed by atoms with Gasteiger partial charge in [0.1, 0.15) is 20.6 Å². The number of hydrogen-bond acceptors (Lipinski definition) is 8. The maximum Gasteiger partial charge on any atom is 0.257 e. The molecule has 0 aromatic carbocycles. The van der Waals surface area contributed by atoms with Crippen LogP contribution in [0.4, 0.5) is 0 Å². The Bertz CT molecular complexity index is 1900. The lowest BCUT2D eigenvalue weighted by molar-refractivity contribution is 0.0746. The van der Waals surface area contributed by atoms with Crippen LogP contribution in [0.15, 0.2) is 58.0 Å². The Morgan fingerprint density at radius 3 is 1.10 bits per heavy atom. The Balaban J connectivity index is 0.000000214. The average Bonchev–Trinajstić information content (AvgIpc) is 4.15. The maximum absolute atomic E-state index is 12.0. The summed E-state index contributed by atoms with van der Waals surface area (Å²) in [6.07, 6.45) is 10.8. The van der Waals surface area contributed by atoms with Crippen LogP contribution in [0.2, 0.25) is 20.6 Å². The minimum atomic E-state index is -0.121. The van der Waals surface area contributed by atoms with Gasteiger partial charge in [0.25, 0.3) is 23.6 Å². The summed E-state index contributed by atoms with van der Waals surface area (Å²) in [6.45, 7) is 7.79. The van der Waals surface area contributed by atoms with Gasteiger partial charge in [0.15, 0.2) is 0 Å². The number of carbonyl (C=O) groups is 4. The quantitative estimate of drug-likeness (QED) is 0.126. The topological polar surface area (TPSA) is 133 Å². The van der Waals surface area contributed by atoms with E-state index in [1.807, 2.05) is 34.7 Å². The third-order valence-electron chi connectivity index (χ3n) is 9.16. The number of hydrogen-bond donors (Lipinski definition) is 0. The normalized spacial score (nSPS) is 12.8. The number of amides is 4. The van der Waals surface area contributed by atoms with Crippen LogP contribution in [0.1, 0.15) is 94.8 Å². The second kappa shape index (κ2) is 24.2. The van der Waals surface area contributed by atoms with Gasteiger partial charge < -0.3 is 19.6 Å². The van der Waals surface area contributed by atoms with Crippen LogP contribution in [0.5, 0.6) is 0 Å². The van der Waals surface area contributed by atoms with Gasteiger partial charge in [-0.2, -0.15) is 0 Å². The van der Waals surface area contributed by atoms with E-state index in [2.05, 4.69) is 97.0 Å². The lowest BCUT2D eigenvalue weighted by atomic mass is 10.2. The predicted molar refractivity (Wildman–Crippen MR) is 263 cm³/mol. The summed E-state index contributed by atoms with van der Waals surface area (Å²) in [5.41, 5.74) is 1.83.